The summed E-state index contributed by atoms with van der Waals surface area (Å²) in [5, 5.41) is 0. The smallest absolute Gasteiger partial charge is 0.306 e. The van der Waals surface area contributed by atoms with Crippen LogP contribution in [0.4, 0.5) is 0 Å². The van der Waals surface area contributed by atoms with Crippen molar-refractivity contribution < 1.29 is 28.6 Å². The van der Waals surface area contributed by atoms with Crippen LogP contribution in [0.25, 0.3) is 0 Å². The molecule has 0 aliphatic carbocycles. The third kappa shape index (κ3) is 50.6. The maximum Gasteiger partial charge on any atom is 0.306 e. The highest BCUT2D eigenvalue weighted by molar-refractivity contribution is 5.71. The molecule has 6 nitrogen and oxygen atoms in total. The molecule has 1 atom stereocenters. The van der Waals surface area contributed by atoms with E-state index in [1.165, 1.54) is 167 Å². The van der Waals surface area contributed by atoms with Crippen molar-refractivity contribution in [1.29, 1.82) is 0 Å². The molecule has 0 aromatic heterocycles. The summed E-state index contributed by atoms with van der Waals surface area (Å²) in [7, 11) is 0. The van der Waals surface area contributed by atoms with Gasteiger partial charge in [0, 0.05) is 19.3 Å². The van der Waals surface area contributed by atoms with Crippen LogP contribution in [0.5, 0.6) is 0 Å². The number of carbonyl (C=O) groups excluding carboxylic acids is 3. The van der Waals surface area contributed by atoms with E-state index < -0.39 is 6.10 Å². The minimum atomic E-state index is -0.779. The second kappa shape index (κ2) is 53.2. The van der Waals surface area contributed by atoms with E-state index in [4.69, 9.17) is 14.2 Å². The standard InChI is InChI=1S/C58H106O6/c1-4-7-10-13-16-19-22-25-27-28-29-30-32-33-36-39-42-45-48-51-57(60)63-54-55(53-62-56(59)50-47-44-41-38-35-24-21-18-15-12-9-6-3)64-58(61)52-49-46-43-40-37-34-31-26-23-20-17-14-11-8-5-2/h17-18,20-21,26,31,55H,4-16,19,22-25,27-30,32-54H2,1-3H3/b20-17-,21-18-,31-26-/t55-/m1/s1. The summed E-state index contributed by atoms with van der Waals surface area (Å²) < 4.78 is 16.8. The minimum absolute atomic E-state index is 0.0772. The van der Waals surface area contributed by atoms with Crippen LogP contribution < -0.4 is 0 Å². The van der Waals surface area contributed by atoms with Gasteiger partial charge in [0.05, 0.1) is 0 Å². The molecule has 0 bridgehead atoms. The molecule has 0 saturated carbocycles. The molecule has 0 spiro atoms. The lowest BCUT2D eigenvalue weighted by Crippen LogP contribution is -2.30. The van der Waals surface area contributed by atoms with Gasteiger partial charge in [0.15, 0.2) is 6.10 Å². The van der Waals surface area contributed by atoms with Crippen molar-refractivity contribution in [2.75, 3.05) is 13.2 Å². The number of allylic oxidation sites excluding steroid dienone is 6. The molecule has 0 N–H and O–H groups in total. The Morgan fingerprint density at radius 3 is 0.906 bits per heavy atom. The van der Waals surface area contributed by atoms with Crippen LogP contribution >= 0.6 is 0 Å². The third-order valence-electron chi connectivity index (χ3n) is 12.4. The number of hydrogen-bond acceptors (Lipinski definition) is 6. The molecule has 0 heterocycles. The van der Waals surface area contributed by atoms with E-state index in [1.807, 2.05) is 0 Å². The number of rotatable bonds is 51. The van der Waals surface area contributed by atoms with Crippen molar-refractivity contribution in [3.8, 4) is 0 Å². The molecule has 64 heavy (non-hydrogen) atoms. The first-order valence-electron chi connectivity index (χ1n) is 28.0. The van der Waals surface area contributed by atoms with Gasteiger partial charge in [-0.3, -0.25) is 14.4 Å². The van der Waals surface area contributed by atoms with E-state index in [1.54, 1.807) is 0 Å². The fourth-order valence-corrected chi connectivity index (χ4v) is 8.12. The number of ether oxygens (including phenoxy) is 3. The monoisotopic (exact) mass is 899 g/mol. The highest BCUT2D eigenvalue weighted by atomic mass is 16.6. The van der Waals surface area contributed by atoms with Crippen molar-refractivity contribution >= 4 is 17.9 Å². The van der Waals surface area contributed by atoms with Crippen molar-refractivity contribution in [3.63, 3.8) is 0 Å². The molecule has 0 aromatic rings. The van der Waals surface area contributed by atoms with Gasteiger partial charge in [-0.1, -0.05) is 237 Å². The summed E-state index contributed by atoms with van der Waals surface area (Å²) in [5.74, 6) is -0.886. The average Bonchev–Trinajstić information content (AvgIpc) is 3.29. The first-order chi connectivity index (χ1) is 31.5. The molecule has 0 saturated heterocycles. The number of unbranched alkanes of at least 4 members (excludes halogenated alkanes) is 34. The molecule has 0 aliphatic heterocycles. The summed E-state index contributed by atoms with van der Waals surface area (Å²) in [4.78, 5) is 38.0. The number of esters is 3. The first-order valence-corrected chi connectivity index (χ1v) is 28.0. The molecule has 0 rings (SSSR count). The van der Waals surface area contributed by atoms with Gasteiger partial charge in [0.2, 0.25) is 0 Å². The van der Waals surface area contributed by atoms with Crippen LogP contribution in [0.2, 0.25) is 0 Å². The van der Waals surface area contributed by atoms with Gasteiger partial charge < -0.3 is 14.2 Å². The molecule has 0 amide bonds. The largest absolute Gasteiger partial charge is 0.462 e. The van der Waals surface area contributed by atoms with Gasteiger partial charge in [-0.25, -0.2) is 0 Å². The zero-order chi connectivity index (χ0) is 46.5. The van der Waals surface area contributed by atoms with E-state index in [0.29, 0.717) is 19.3 Å². The quantitative estimate of drug-likeness (QED) is 0.0262. The maximum absolute atomic E-state index is 12.8. The summed E-state index contributed by atoms with van der Waals surface area (Å²) in [6.45, 7) is 6.60. The van der Waals surface area contributed by atoms with Crippen LogP contribution in [-0.4, -0.2) is 37.2 Å². The van der Waals surface area contributed by atoms with Crippen molar-refractivity contribution in [3.05, 3.63) is 36.5 Å². The fourth-order valence-electron chi connectivity index (χ4n) is 8.12. The van der Waals surface area contributed by atoms with Gasteiger partial charge in [-0.05, 0) is 77.0 Å². The molecular formula is C58H106O6. The highest BCUT2D eigenvalue weighted by Gasteiger charge is 2.19. The Morgan fingerprint density at radius 2 is 0.562 bits per heavy atom. The zero-order valence-electron chi connectivity index (χ0n) is 42.8. The summed E-state index contributed by atoms with van der Waals surface area (Å²) in [6.07, 6.45) is 62.7. The van der Waals surface area contributed by atoms with Gasteiger partial charge >= 0.3 is 17.9 Å². The van der Waals surface area contributed by atoms with E-state index in [2.05, 4.69) is 57.2 Å². The van der Waals surface area contributed by atoms with E-state index in [0.717, 1.165) is 89.9 Å². The van der Waals surface area contributed by atoms with Crippen LogP contribution in [0, 0.1) is 0 Å². The lowest BCUT2D eigenvalue weighted by atomic mass is 10.0. The lowest BCUT2D eigenvalue weighted by Gasteiger charge is -2.18. The predicted molar refractivity (Wildman–Crippen MR) is 275 cm³/mol. The third-order valence-corrected chi connectivity index (χ3v) is 12.4. The van der Waals surface area contributed by atoms with Crippen LogP contribution in [0.3, 0.4) is 0 Å². The van der Waals surface area contributed by atoms with Crippen molar-refractivity contribution in [2.24, 2.45) is 0 Å². The normalized spacial score (nSPS) is 12.2. The number of hydrogen-bond donors (Lipinski definition) is 0. The Labute approximate surface area is 397 Å². The molecule has 374 valence electrons. The summed E-state index contributed by atoms with van der Waals surface area (Å²) in [6, 6.07) is 0. The van der Waals surface area contributed by atoms with E-state index >= 15 is 0 Å². The molecule has 0 fully saturated rings. The van der Waals surface area contributed by atoms with Crippen molar-refractivity contribution in [2.45, 2.75) is 303 Å². The Kier molecular flexibility index (Phi) is 51.3. The van der Waals surface area contributed by atoms with Crippen LogP contribution in [0.15, 0.2) is 36.5 Å². The Bertz CT molecular complexity index is 1080. The summed E-state index contributed by atoms with van der Waals surface area (Å²) >= 11 is 0. The topological polar surface area (TPSA) is 78.9 Å². The van der Waals surface area contributed by atoms with Crippen LogP contribution in [-0.2, 0) is 28.6 Å². The lowest BCUT2D eigenvalue weighted by molar-refractivity contribution is -0.167. The Balaban J connectivity index is 4.32. The average molecular weight is 899 g/mol. The molecule has 0 radical (unpaired) electrons. The first kappa shape index (κ1) is 61.6. The molecule has 0 aliphatic rings. The maximum atomic E-state index is 12.8. The molecular weight excluding hydrogens is 793 g/mol. The van der Waals surface area contributed by atoms with Gasteiger partial charge in [-0.2, -0.15) is 0 Å². The second-order valence-corrected chi connectivity index (χ2v) is 18.8. The predicted octanol–water partition coefficient (Wildman–Crippen LogP) is 18.5. The minimum Gasteiger partial charge on any atom is -0.462 e. The van der Waals surface area contributed by atoms with Gasteiger partial charge in [-0.15, -0.1) is 0 Å². The number of carbonyl (C=O) groups is 3. The Morgan fingerprint density at radius 1 is 0.312 bits per heavy atom. The summed E-state index contributed by atoms with van der Waals surface area (Å²) in [5.41, 5.74) is 0. The SMILES string of the molecule is CCCCC/C=C\C/C=C\CCCCCCCC(=O)O[C@H](COC(=O)CCCCCCC/C=C\CCCCC)COC(=O)CCCCCCCCCCCCCCCCCCCCC. The Hall–Kier alpha value is -2.37. The molecule has 0 unspecified atom stereocenters. The molecule has 6 heteroatoms. The molecule has 0 aromatic carbocycles. The van der Waals surface area contributed by atoms with Gasteiger partial charge in [0.25, 0.3) is 0 Å². The highest BCUT2D eigenvalue weighted by Crippen LogP contribution is 2.16. The van der Waals surface area contributed by atoms with E-state index in [9.17, 15) is 14.4 Å². The van der Waals surface area contributed by atoms with Crippen LogP contribution in [0.1, 0.15) is 297 Å². The van der Waals surface area contributed by atoms with Gasteiger partial charge in [0.1, 0.15) is 13.2 Å². The van der Waals surface area contributed by atoms with Crippen molar-refractivity contribution in [1.82, 2.24) is 0 Å². The second-order valence-electron chi connectivity index (χ2n) is 18.8. The zero-order valence-corrected chi connectivity index (χ0v) is 42.8. The van der Waals surface area contributed by atoms with E-state index in [-0.39, 0.29) is 31.1 Å². The fraction of sp³-hybridized carbons (Fsp3) is 0.845.